The number of rotatable bonds is 6. The van der Waals surface area contributed by atoms with Crippen LogP contribution in [0.5, 0.6) is 0 Å². The van der Waals surface area contributed by atoms with Crippen molar-refractivity contribution >= 4 is 12.1 Å². The predicted octanol–water partition coefficient (Wildman–Crippen LogP) is 3.00. The van der Waals surface area contributed by atoms with Crippen LogP contribution in [0.25, 0.3) is 0 Å². The predicted molar refractivity (Wildman–Crippen MR) is 58.2 cm³/mol. The minimum atomic E-state index is 0.217. The summed E-state index contributed by atoms with van der Waals surface area (Å²) >= 11 is 0. The van der Waals surface area contributed by atoms with Crippen molar-refractivity contribution in [3.8, 4) is 0 Å². The van der Waals surface area contributed by atoms with Gasteiger partial charge in [-0.2, -0.15) is 0 Å². The van der Waals surface area contributed by atoms with Crippen molar-refractivity contribution < 1.29 is 9.59 Å². The summed E-state index contributed by atoms with van der Waals surface area (Å²) in [6, 6.07) is 0. The van der Waals surface area contributed by atoms with E-state index < -0.39 is 0 Å². The molecule has 0 saturated heterocycles. The molecule has 1 unspecified atom stereocenters. The van der Waals surface area contributed by atoms with Gasteiger partial charge in [-0.15, -0.1) is 0 Å². The number of Topliss-reactive ketones (excluding diaryl/α,β-unsaturated/α-hetero) is 1. The van der Waals surface area contributed by atoms with Crippen LogP contribution in [0.15, 0.2) is 0 Å². The summed E-state index contributed by atoms with van der Waals surface area (Å²) in [5.74, 6) is 0.642. The van der Waals surface area contributed by atoms with Gasteiger partial charge in [-0.25, -0.2) is 0 Å². The maximum absolute atomic E-state index is 11.3. The van der Waals surface area contributed by atoms with Crippen LogP contribution in [0.3, 0.4) is 0 Å². The molecule has 0 bridgehead atoms. The fraction of sp³-hybridized carbons (Fsp3) is 0.833. The summed E-state index contributed by atoms with van der Waals surface area (Å²) in [7, 11) is 0. The quantitative estimate of drug-likeness (QED) is 0.615. The number of hydrogen-bond acceptors (Lipinski definition) is 2. The highest BCUT2D eigenvalue weighted by atomic mass is 16.1. The van der Waals surface area contributed by atoms with Crippen molar-refractivity contribution in [3.63, 3.8) is 0 Å². The topological polar surface area (TPSA) is 34.1 Å². The molecule has 0 rings (SSSR count). The average Bonchev–Trinajstić information content (AvgIpc) is 1.96. The second kappa shape index (κ2) is 5.94. The molecule has 14 heavy (non-hydrogen) atoms. The van der Waals surface area contributed by atoms with E-state index in [9.17, 15) is 9.59 Å². The van der Waals surface area contributed by atoms with E-state index >= 15 is 0 Å². The van der Waals surface area contributed by atoms with Crippen LogP contribution in [-0.2, 0) is 9.59 Å². The molecular weight excluding hydrogens is 176 g/mol. The van der Waals surface area contributed by atoms with Crippen molar-refractivity contribution in [1.82, 2.24) is 0 Å². The van der Waals surface area contributed by atoms with Crippen LogP contribution in [0.2, 0.25) is 0 Å². The summed E-state index contributed by atoms with van der Waals surface area (Å²) in [4.78, 5) is 21.4. The van der Waals surface area contributed by atoms with Gasteiger partial charge in [0.1, 0.15) is 12.1 Å². The van der Waals surface area contributed by atoms with Crippen LogP contribution < -0.4 is 0 Å². The molecular formula is C12H22O2. The van der Waals surface area contributed by atoms with Gasteiger partial charge in [0.2, 0.25) is 0 Å². The molecule has 2 heteroatoms. The molecule has 0 aliphatic heterocycles. The summed E-state index contributed by atoms with van der Waals surface area (Å²) in [5.41, 5.74) is 0.282. The van der Waals surface area contributed by atoms with Gasteiger partial charge in [-0.3, -0.25) is 4.79 Å². The van der Waals surface area contributed by atoms with Gasteiger partial charge in [0, 0.05) is 19.3 Å². The van der Waals surface area contributed by atoms with E-state index in [1.54, 1.807) is 0 Å². The molecule has 0 N–H and O–H groups in total. The summed E-state index contributed by atoms with van der Waals surface area (Å²) < 4.78 is 0. The number of carbonyl (C=O) groups is 2. The van der Waals surface area contributed by atoms with E-state index in [0.717, 1.165) is 12.7 Å². The molecule has 0 heterocycles. The highest BCUT2D eigenvalue weighted by Crippen LogP contribution is 2.26. The van der Waals surface area contributed by atoms with Gasteiger partial charge in [0.15, 0.2) is 0 Å². The van der Waals surface area contributed by atoms with E-state index in [0.29, 0.717) is 25.2 Å². The fourth-order valence-electron chi connectivity index (χ4n) is 1.83. The Hall–Kier alpha value is -0.660. The van der Waals surface area contributed by atoms with E-state index in [1.807, 2.05) is 0 Å². The smallest absolute Gasteiger partial charge is 0.133 e. The maximum Gasteiger partial charge on any atom is 0.133 e. The SMILES string of the molecule is CC(CC(=O)CCC=O)CC(C)(C)C. The van der Waals surface area contributed by atoms with Crippen molar-refractivity contribution in [2.75, 3.05) is 0 Å². The van der Waals surface area contributed by atoms with E-state index in [1.165, 1.54) is 0 Å². The average molecular weight is 198 g/mol. The zero-order valence-corrected chi connectivity index (χ0v) is 9.80. The lowest BCUT2D eigenvalue weighted by Gasteiger charge is -2.22. The standard InChI is InChI=1S/C12H22O2/c1-10(9-12(2,3)4)8-11(14)6-5-7-13/h7,10H,5-6,8-9H2,1-4H3. The first-order chi connectivity index (χ1) is 6.35. The Morgan fingerprint density at radius 2 is 1.93 bits per heavy atom. The van der Waals surface area contributed by atoms with Crippen molar-refractivity contribution in [3.05, 3.63) is 0 Å². The minimum absolute atomic E-state index is 0.217. The zero-order valence-electron chi connectivity index (χ0n) is 9.80. The van der Waals surface area contributed by atoms with Crippen LogP contribution in [0.4, 0.5) is 0 Å². The lowest BCUT2D eigenvalue weighted by atomic mass is 9.83. The van der Waals surface area contributed by atoms with Gasteiger partial charge in [-0.05, 0) is 17.8 Å². The van der Waals surface area contributed by atoms with Gasteiger partial charge >= 0.3 is 0 Å². The largest absolute Gasteiger partial charge is 0.303 e. The minimum Gasteiger partial charge on any atom is -0.303 e. The molecule has 0 saturated carbocycles. The first-order valence-electron chi connectivity index (χ1n) is 5.30. The zero-order chi connectivity index (χ0) is 11.2. The van der Waals surface area contributed by atoms with E-state index in [-0.39, 0.29) is 11.2 Å². The van der Waals surface area contributed by atoms with Crippen molar-refractivity contribution in [2.45, 2.75) is 53.4 Å². The lowest BCUT2D eigenvalue weighted by Crippen LogP contribution is -2.14. The third-order valence-electron chi connectivity index (χ3n) is 2.08. The third-order valence-corrected chi connectivity index (χ3v) is 2.08. The Labute approximate surface area is 87.1 Å². The van der Waals surface area contributed by atoms with Gasteiger partial charge in [0.05, 0.1) is 0 Å². The highest BCUT2D eigenvalue weighted by Gasteiger charge is 2.17. The van der Waals surface area contributed by atoms with Crippen molar-refractivity contribution in [2.24, 2.45) is 11.3 Å². The molecule has 0 aromatic rings. The summed E-state index contributed by atoms with van der Waals surface area (Å²) in [6.45, 7) is 8.64. The van der Waals surface area contributed by atoms with Crippen molar-refractivity contribution in [1.29, 1.82) is 0 Å². The molecule has 82 valence electrons. The van der Waals surface area contributed by atoms with Gasteiger partial charge in [0.25, 0.3) is 0 Å². The van der Waals surface area contributed by atoms with Crippen LogP contribution >= 0.6 is 0 Å². The monoisotopic (exact) mass is 198 g/mol. The molecule has 1 atom stereocenters. The Morgan fingerprint density at radius 1 is 1.36 bits per heavy atom. The van der Waals surface area contributed by atoms with Crippen LogP contribution in [-0.4, -0.2) is 12.1 Å². The van der Waals surface area contributed by atoms with Crippen LogP contribution in [0.1, 0.15) is 53.4 Å². The second-order valence-electron chi connectivity index (χ2n) is 5.32. The first-order valence-corrected chi connectivity index (χ1v) is 5.30. The van der Waals surface area contributed by atoms with Gasteiger partial charge in [-0.1, -0.05) is 27.7 Å². The summed E-state index contributed by atoms with van der Waals surface area (Å²) in [5, 5.41) is 0. The number of hydrogen-bond donors (Lipinski definition) is 0. The number of aldehydes is 1. The second-order valence-corrected chi connectivity index (χ2v) is 5.32. The Kier molecular flexibility index (Phi) is 5.66. The molecule has 0 spiro atoms. The Morgan fingerprint density at radius 3 is 2.36 bits per heavy atom. The molecule has 0 amide bonds. The highest BCUT2D eigenvalue weighted by molar-refractivity contribution is 5.80. The first kappa shape index (κ1) is 13.3. The molecule has 0 aromatic carbocycles. The molecule has 0 radical (unpaired) electrons. The molecule has 2 nitrogen and oxygen atoms in total. The molecule has 0 fully saturated rings. The van der Waals surface area contributed by atoms with Crippen LogP contribution in [0, 0.1) is 11.3 Å². The Balaban J connectivity index is 3.76. The normalized spacial score (nSPS) is 13.7. The molecule has 0 aromatic heterocycles. The fourth-order valence-corrected chi connectivity index (χ4v) is 1.83. The lowest BCUT2D eigenvalue weighted by molar-refractivity contribution is -0.121. The maximum atomic E-state index is 11.3. The Bertz CT molecular complexity index is 189. The molecule has 0 aliphatic rings. The third kappa shape index (κ3) is 7.96. The van der Waals surface area contributed by atoms with Gasteiger partial charge < -0.3 is 4.79 Å². The van der Waals surface area contributed by atoms with E-state index in [2.05, 4.69) is 27.7 Å². The van der Waals surface area contributed by atoms with E-state index in [4.69, 9.17) is 0 Å². The number of ketones is 1. The number of carbonyl (C=O) groups excluding carboxylic acids is 2. The molecule has 0 aliphatic carbocycles. The summed E-state index contributed by atoms with van der Waals surface area (Å²) in [6.07, 6.45) is 3.27.